The van der Waals surface area contributed by atoms with E-state index in [4.69, 9.17) is 16.4 Å². The fourth-order valence-corrected chi connectivity index (χ4v) is 1.68. The smallest absolute Gasteiger partial charge is 0.253 e. The molecule has 7 heteroatoms. The molecule has 0 saturated heterocycles. The van der Waals surface area contributed by atoms with Crippen molar-refractivity contribution in [1.82, 2.24) is 4.90 Å². The van der Waals surface area contributed by atoms with Crippen molar-refractivity contribution in [3.8, 4) is 6.07 Å². The first-order valence-corrected chi connectivity index (χ1v) is 6.51. The van der Waals surface area contributed by atoms with Crippen LogP contribution in [0.15, 0.2) is 29.4 Å². The Bertz CT molecular complexity index is 598. The molecule has 4 N–H and O–H groups in total. The summed E-state index contributed by atoms with van der Waals surface area (Å²) < 4.78 is 0. The van der Waals surface area contributed by atoms with Crippen LogP contribution in [-0.4, -0.2) is 35.4 Å². The van der Waals surface area contributed by atoms with Crippen LogP contribution in [0.5, 0.6) is 0 Å². The Labute approximate surface area is 123 Å². The SMILES string of the molecule is CCN(CC)C(=O)c1cccc(N/N=C(\C#N)C(=N)N)c1. The lowest BCUT2D eigenvalue weighted by Gasteiger charge is -2.18. The first kappa shape index (κ1) is 16.2. The van der Waals surface area contributed by atoms with Crippen LogP contribution in [0, 0.1) is 16.7 Å². The van der Waals surface area contributed by atoms with E-state index >= 15 is 0 Å². The number of nitrogens with one attached hydrogen (secondary N) is 2. The number of nitrogens with two attached hydrogens (primary N) is 1. The minimum absolute atomic E-state index is 0.0697. The predicted molar refractivity (Wildman–Crippen MR) is 82.3 cm³/mol. The summed E-state index contributed by atoms with van der Waals surface area (Å²) in [6.45, 7) is 5.10. The zero-order valence-electron chi connectivity index (χ0n) is 12.1. The second kappa shape index (κ2) is 7.65. The van der Waals surface area contributed by atoms with Crippen molar-refractivity contribution in [2.24, 2.45) is 10.8 Å². The fraction of sp³-hybridized carbons (Fsp3) is 0.286. The Kier molecular flexibility index (Phi) is 5.89. The molecule has 1 aromatic rings. The van der Waals surface area contributed by atoms with Crippen molar-refractivity contribution in [3.05, 3.63) is 29.8 Å². The summed E-state index contributed by atoms with van der Waals surface area (Å²) in [4.78, 5) is 13.9. The Balaban J connectivity index is 2.94. The van der Waals surface area contributed by atoms with E-state index in [9.17, 15) is 4.79 Å². The van der Waals surface area contributed by atoms with Gasteiger partial charge >= 0.3 is 0 Å². The Morgan fingerprint density at radius 3 is 2.67 bits per heavy atom. The molecule has 0 bridgehead atoms. The standard InChI is InChI=1S/C14H18N6O/c1-3-20(4-2)14(21)10-6-5-7-11(8-10)18-19-12(9-15)13(16)17/h5-8,18H,3-4H2,1-2H3,(H3,16,17)/b19-12+. The lowest BCUT2D eigenvalue weighted by molar-refractivity contribution is 0.0773. The first-order valence-electron chi connectivity index (χ1n) is 6.51. The molecule has 1 amide bonds. The van der Waals surface area contributed by atoms with Crippen molar-refractivity contribution in [2.45, 2.75) is 13.8 Å². The topological polar surface area (TPSA) is 118 Å². The third kappa shape index (κ3) is 4.31. The maximum Gasteiger partial charge on any atom is 0.253 e. The highest BCUT2D eigenvalue weighted by molar-refractivity contribution is 6.45. The van der Waals surface area contributed by atoms with E-state index in [-0.39, 0.29) is 11.6 Å². The number of rotatable bonds is 6. The van der Waals surface area contributed by atoms with Crippen LogP contribution in [0.3, 0.4) is 0 Å². The number of nitriles is 1. The Morgan fingerprint density at radius 1 is 1.48 bits per heavy atom. The number of hydrogen-bond acceptors (Lipinski definition) is 5. The van der Waals surface area contributed by atoms with Gasteiger partial charge in [0.2, 0.25) is 5.71 Å². The highest BCUT2D eigenvalue weighted by Gasteiger charge is 2.12. The number of nitrogens with zero attached hydrogens (tertiary/aromatic N) is 3. The van der Waals surface area contributed by atoms with Gasteiger partial charge in [0.15, 0.2) is 5.84 Å². The average Bonchev–Trinajstić information content (AvgIpc) is 2.49. The number of benzene rings is 1. The highest BCUT2D eigenvalue weighted by Crippen LogP contribution is 2.13. The monoisotopic (exact) mass is 286 g/mol. The van der Waals surface area contributed by atoms with E-state index in [1.165, 1.54) is 0 Å². The summed E-state index contributed by atoms with van der Waals surface area (Å²) in [5.74, 6) is -0.486. The predicted octanol–water partition coefficient (Wildman–Crippen LogP) is 1.40. The Hall–Kier alpha value is -2.88. The first-order chi connectivity index (χ1) is 10.0. The van der Waals surface area contributed by atoms with Gasteiger partial charge in [-0.2, -0.15) is 10.4 Å². The molecule has 110 valence electrons. The zero-order valence-corrected chi connectivity index (χ0v) is 12.1. The van der Waals surface area contributed by atoms with Crippen LogP contribution in [-0.2, 0) is 0 Å². The second-order valence-electron chi connectivity index (χ2n) is 4.16. The number of hydrazone groups is 1. The van der Waals surface area contributed by atoms with Crippen LogP contribution in [0.1, 0.15) is 24.2 Å². The number of carbonyl (C=O) groups excluding carboxylic acids is 1. The molecule has 0 saturated carbocycles. The number of hydrogen-bond donors (Lipinski definition) is 3. The van der Waals surface area contributed by atoms with E-state index in [1.54, 1.807) is 35.2 Å². The molecule has 1 rings (SSSR count). The number of amidine groups is 1. The molecule has 0 radical (unpaired) electrons. The van der Waals surface area contributed by atoms with E-state index in [2.05, 4.69) is 10.5 Å². The van der Waals surface area contributed by atoms with E-state index in [0.717, 1.165) is 0 Å². The number of amides is 1. The summed E-state index contributed by atoms with van der Waals surface area (Å²) in [6.07, 6.45) is 0. The molecule has 0 heterocycles. The van der Waals surface area contributed by atoms with Crippen LogP contribution in [0.4, 0.5) is 5.69 Å². The zero-order chi connectivity index (χ0) is 15.8. The maximum absolute atomic E-state index is 12.2. The molecule has 0 fully saturated rings. The molecule has 0 atom stereocenters. The van der Waals surface area contributed by atoms with Gasteiger partial charge in [-0.15, -0.1) is 0 Å². The molecular weight excluding hydrogens is 268 g/mol. The van der Waals surface area contributed by atoms with Crippen LogP contribution >= 0.6 is 0 Å². The van der Waals surface area contributed by atoms with Gasteiger partial charge in [0, 0.05) is 18.7 Å². The van der Waals surface area contributed by atoms with Crippen molar-refractivity contribution < 1.29 is 4.79 Å². The summed E-state index contributed by atoms with van der Waals surface area (Å²) in [5, 5.41) is 19.6. The van der Waals surface area contributed by atoms with Gasteiger partial charge in [-0.1, -0.05) is 6.07 Å². The lowest BCUT2D eigenvalue weighted by atomic mass is 10.2. The van der Waals surface area contributed by atoms with Gasteiger partial charge in [-0.3, -0.25) is 15.6 Å². The summed E-state index contributed by atoms with van der Waals surface area (Å²) in [7, 11) is 0. The van der Waals surface area contributed by atoms with Gasteiger partial charge < -0.3 is 10.6 Å². The molecule has 0 aliphatic heterocycles. The van der Waals surface area contributed by atoms with E-state index in [1.807, 2.05) is 13.8 Å². The minimum atomic E-state index is -0.416. The summed E-state index contributed by atoms with van der Waals surface area (Å²) in [5.41, 5.74) is 8.67. The molecule has 0 unspecified atom stereocenters. The van der Waals surface area contributed by atoms with Gasteiger partial charge in [-0.25, -0.2) is 0 Å². The van der Waals surface area contributed by atoms with Crippen LogP contribution in [0.25, 0.3) is 0 Å². The summed E-state index contributed by atoms with van der Waals surface area (Å²) in [6, 6.07) is 8.48. The molecule has 7 nitrogen and oxygen atoms in total. The molecule has 0 aliphatic carbocycles. The molecule has 0 aromatic heterocycles. The molecule has 21 heavy (non-hydrogen) atoms. The van der Waals surface area contributed by atoms with Crippen molar-refractivity contribution in [2.75, 3.05) is 18.5 Å². The third-order valence-corrected chi connectivity index (χ3v) is 2.82. The van der Waals surface area contributed by atoms with E-state index in [0.29, 0.717) is 24.3 Å². The molecule has 1 aromatic carbocycles. The summed E-state index contributed by atoms with van der Waals surface area (Å²) >= 11 is 0. The van der Waals surface area contributed by atoms with Gasteiger partial charge in [0.1, 0.15) is 6.07 Å². The molecule has 0 aliphatic rings. The number of anilines is 1. The molecular formula is C14H18N6O. The second-order valence-corrected chi connectivity index (χ2v) is 4.16. The highest BCUT2D eigenvalue weighted by atomic mass is 16.2. The quantitative estimate of drug-likeness (QED) is 0.416. The third-order valence-electron chi connectivity index (χ3n) is 2.82. The van der Waals surface area contributed by atoms with Crippen molar-refractivity contribution in [1.29, 1.82) is 10.7 Å². The Morgan fingerprint density at radius 2 is 2.14 bits per heavy atom. The molecule has 0 spiro atoms. The van der Waals surface area contributed by atoms with Gasteiger partial charge in [0.05, 0.1) is 5.69 Å². The van der Waals surface area contributed by atoms with Gasteiger partial charge in [0.25, 0.3) is 5.91 Å². The van der Waals surface area contributed by atoms with Crippen molar-refractivity contribution >= 4 is 23.1 Å². The average molecular weight is 286 g/mol. The maximum atomic E-state index is 12.2. The van der Waals surface area contributed by atoms with Gasteiger partial charge in [-0.05, 0) is 32.0 Å². The number of carbonyl (C=O) groups is 1. The van der Waals surface area contributed by atoms with Crippen LogP contribution < -0.4 is 11.2 Å². The largest absolute Gasteiger partial charge is 0.382 e. The fourth-order valence-electron chi connectivity index (χ4n) is 1.68. The normalized spacial score (nSPS) is 10.6. The van der Waals surface area contributed by atoms with E-state index < -0.39 is 5.84 Å². The van der Waals surface area contributed by atoms with Crippen LogP contribution in [0.2, 0.25) is 0 Å². The minimum Gasteiger partial charge on any atom is -0.382 e. The van der Waals surface area contributed by atoms with Crippen molar-refractivity contribution in [3.63, 3.8) is 0 Å². The lowest BCUT2D eigenvalue weighted by Crippen LogP contribution is -2.30.